The smallest absolute Gasteiger partial charge is 0.339 e. The lowest BCUT2D eigenvalue weighted by Crippen LogP contribution is -2.35. The van der Waals surface area contributed by atoms with E-state index in [1.807, 2.05) is 0 Å². The maximum Gasteiger partial charge on any atom is 0.339 e. The van der Waals surface area contributed by atoms with Gasteiger partial charge in [-0.3, -0.25) is 14.9 Å². The molecule has 0 aliphatic heterocycles. The van der Waals surface area contributed by atoms with Gasteiger partial charge in [-0.1, -0.05) is 0 Å². The number of nitrogens with one attached hydrogen (secondary N) is 1. The van der Waals surface area contributed by atoms with E-state index in [-0.39, 0.29) is 23.6 Å². The number of likely N-dealkylation sites (N-methyl/N-ethyl adjacent to an activating group) is 1. The first-order valence-corrected chi connectivity index (χ1v) is 6.80. The first-order chi connectivity index (χ1) is 10.4. The minimum atomic E-state index is -0.988. The van der Waals surface area contributed by atoms with Crippen LogP contribution in [0.25, 0.3) is 0 Å². The van der Waals surface area contributed by atoms with Crippen LogP contribution in [-0.2, 0) is 9.53 Å². The van der Waals surface area contributed by atoms with Gasteiger partial charge in [0.1, 0.15) is 0 Å². The first-order valence-electron chi connectivity index (χ1n) is 6.80. The summed E-state index contributed by atoms with van der Waals surface area (Å²) in [6, 6.07) is 3.75. The second-order valence-electron chi connectivity index (χ2n) is 4.31. The molecule has 8 nitrogen and oxygen atoms in total. The van der Waals surface area contributed by atoms with Gasteiger partial charge in [-0.15, -0.1) is 0 Å². The molecule has 0 aliphatic carbocycles. The lowest BCUT2D eigenvalue weighted by atomic mass is 10.2. The number of nitro groups is 1. The first kappa shape index (κ1) is 17.4. The van der Waals surface area contributed by atoms with E-state index in [2.05, 4.69) is 5.32 Å². The lowest BCUT2D eigenvalue weighted by molar-refractivity contribution is -0.385. The van der Waals surface area contributed by atoms with Gasteiger partial charge in [-0.05, 0) is 32.9 Å². The van der Waals surface area contributed by atoms with Gasteiger partial charge < -0.3 is 14.8 Å². The van der Waals surface area contributed by atoms with E-state index in [9.17, 15) is 19.7 Å². The molecular formula is C14H18N2O6. The molecule has 1 aromatic rings. The highest BCUT2D eigenvalue weighted by molar-refractivity contribution is 5.93. The normalized spacial score (nSPS) is 11.4. The van der Waals surface area contributed by atoms with Crippen LogP contribution in [0, 0.1) is 10.1 Å². The number of benzene rings is 1. The summed E-state index contributed by atoms with van der Waals surface area (Å²) in [4.78, 5) is 33.8. The van der Waals surface area contributed by atoms with Gasteiger partial charge in [0.25, 0.3) is 5.91 Å². The SMILES string of the molecule is CCNC(=O)[C@@H](C)OC(=O)c1ccc(OCC)c([N+](=O)[O-])c1. The lowest BCUT2D eigenvalue weighted by Gasteiger charge is -2.13. The van der Waals surface area contributed by atoms with Gasteiger partial charge in [-0.2, -0.15) is 0 Å². The van der Waals surface area contributed by atoms with Crippen molar-refractivity contribution < 1.29 is 24.0 Å². The fourth-order valence-corrected chi connectivity index (χ4v) is 1.66. The van der Waals surface area contributed by atoms with Gasteiger partial charge >= 0.3 is 11.7 Å². The minimum Gasteiger partial charge on any atom is -0.487 e. The van der Waals surface area contributed by atoms with Crippen LogP contribution < -0.4 is 10.1 Å². The molecule has 0 unspecified atom stereocenters. The Bertz CT molecular complexity index is 572. The van der Waals surface area contributed by atoms with Crippen LogP contribution in [0.3, 0.4) is 0 Å². The second-order valence-corrected chi connectivity index (χ2v) is 4.31. The van der Waals surface area contributed by atoms with Gasteiger partial charge in [0.15, 0.2) is 11.9 Å². The molecule has 0 saturated carbocycles. The fraction of sp³-hybridized carbons (Fsp3) is 0.429. The molecule has 0 saturated heterocycles. The molecule has 1 amide bonds. The Kier molecular flexibility index (Phi) is 6.30. The summed E-state index contributed by atoms with van der Waals surface area (Å²) in [5.41, 5.74) is -0.353. The molecule has 0 aliphatic rings. The van der Waals surface area contributed by atoms with Crippen molar-refractivity contribution in [2.75, 3.05) is 13.2 Å². The largest absolute Gasteiger partial charge is 0.487 e. The Morgan fingerprint density at radius 2 is 2.05 bits per heavy atom. The number of nitrogens with zero attached hydrogens (tertiary/aromatic N) is 1. The second kappa shape index (κ2) is 7.96. The Balaban J connectivity index is 2.92. The molecular weight excluding hydrogens is 292 g/mol. The molecule has 1 rings (SSSR count). The molecule has 8 heteroatoms. The third-order valence-corrected chi connectivity index (χ3v) is 2.70. The zero-order valence-electron chi connectivity index (χ0n) is 12.6. The van der Waals surface area contributed by atoms with Crippen LogP contribution in [-0.4, -0.2) is 36.1 Å². The summed E-state index contributed by atoms with van der Waals surface area (Å²) in [7, 11) is 0. The van der Waals surface area contributed by atoms with Crippen LogP contribution in [0.4, 0.5) is 5.69 Å². The third-order valence-electron chi connectivity index (χ3n) is 2.70. The fourth-order valence-electron chi connectivity index (χ4n) is 1.66. The molecule has 0 fully saturated rings. The van der Waals surface area contributed by atoms with E-state index in [1.54, 1.807) is 13.8 Å². The zero-order valence-corrected chi connectivity index (χ0v) is 12.6. The minimum absolute atomic E-state index is 0.0219. The van der Waals surface area contributed by atoms with E-state index < -0.39 is 22.9 Å². The molecule has 1 aromatic carbocycles. The molecule has 22 heavy (non-hydrogen) atoms. The van der Waals surface area contributed by atoms with Gasteiger partial charge in [0.05, 0.1) is 17.1 Å². The van der Waals surface area contributed by atoms with E-state index in [0.717, 1.165) is 6.07 Å². The van der Waals surface area contributed by atoms with Crippen LogP contribution >= 0.6 is 0 Å². The summed E-state index contributed by atoms with van der Waals surface area (Å²) in [5.74, 6) is -1.18. The van der Waals surface area contributed by atoms with Crippen LogP contribution in [0.5, 0.6) is 5.75 Å². The summed E-state index contributed by atoms with van der Waals surface area (Å²) >= 11 is 0. The van der Waals surface area contributed by atoms with Crippen LogP contribution in [0.1, 0.15) is 31.1 Å². The summed E-state index contributed by atoms with van der Waals surface area (Å²) in [5, 5.41) is 13.5. The van der Waals surface area contributed by atoms with Crippen molar-refractivity contribution >= 4 is 17.6 Å². The van der Waals surface area contributed by atoms with Crippen molar-refractivity contribution in [1.82, 2.24) is 5.32 Å². The number of nitro benzene ring substituents is 1. The van der Waals surface area contributed by atoms with E-state index in [4.69, 9.17) is 9.47 Å². The monoisotopic (exact) mass is 310 g/mol. The van der Waals surface area contributed by atoms with Crippen molar-refractivity contribution in [3.8, 4) is 5.75 Å². The predicted octanol–water partition coefficient (Wildman–Crippen LogP) is 1.67. The Morgan fingerprint density at radius 3 is 2.59 bits per heavy atom. The van der Waals surface area contributed by atoms with E-state index in [1.165, 1.54) is 19.1 Å². The van der Waals surface area contributed by atoms with E-state index in [0.29, 0.717) is 6.54 Å². The van der Waals surface area contributed by atoms with Gasteiger partial charge in [-0.25, -0.2) is 4.79 Å². The summed E-state index contributed by atoms with van der Waals surface area (Å²) in [6.45, 7) is 5.53. The van der Waals surface area contributed by atoms with Gasteiger partial charge in [0.2, 0.25) is 0 Å². The highest BCUT2D eigenvalue weighted by Crippen LogP contribution is 2.28. The molecule has 0 bridgehead atoms. The summed E-state index contributed by atoms with van der Waals surface area (Å²) < 4.78 is 10.1. The average molecular weight is 310 g/mol. The zero-order chi connectivity index (χ0) is 16.7. The maximum absolute atomic E-state index is 11.9. The molecule has 0 heterocycles. The standard InChI is InChI=1S/C14H18N2O6/c1-4-15-13(17)9(3)22-14(18)10-6-7-12(21-5-2)11(8-10)16(19)20/h6-9H,4-5H2,1-3H3,(H,15,17)/t9-/m1/s1. The Labute approximate surface area is 127 Å². The average Bonchev–Trinajstić information content (AvgIpc) is 2.47. The Hall–Kier alpha value is -2.64. The van der Waals surface area contributed by atoms with Crippen molar-refractivity contribution in [2.24, 2.45) is 0 Å². The highest BCUT2D eigenvalue weighted by atomic mass is 16.6. The number of amides is 1. The number of hydrogen-bond acceptors (Lipinski definition) is 6. The molecule has 0 spiro atoms. The van der Waals surface area contributed by atoms with Crippen molar-refractivity contribution in [3.63, 3.8) is 0 Å². The molecule has 1 N–H and O–H groups in total. The Morgan fingerprint density at radius 1 is 1.36 bits per heavy atom. The number of esters is 1. The number of rotatable bonds is 7. The van der Waals surface area contributed by atoms with Crippen LogP contribution in [0.2, 0.25) is 0 Å². The molecule has 1 atom stereocenters. The van der Waals surface area contributed by atoms with Crippen LogP contribution in [0.15, 0.2) is 18.2 Å². The third kappa shape index (κ3) is 4.44. The molecule has 0 aromatic heterocycles. The number of ether oxygens (including phenoxy) is 2. The highest BCUT2D eigenvalue weighted by Gasteiger charge is 2.22. The topological polar surface area (TPSA) is 108 Å². The number of hydrogen-bond donors (Lipinski definition) is 1. The quantitative estimate of drug-likeness (QED) is 0.466. The maximum atomic E-state index is 11.9. The van der Waals surface area contributed by atoms with Crippen molar-refractivity contribution in [3.05, 3.63) is 33.9 Å². The molecule has 120 valence electrons. The number of carbonyl (C=O) groups excluding carboxylic acids is 2. The van der Waals surface area contributed by atoms with E-state index >= 15 is 0 Å². The summed E-state index contributed by atoms with van der Waals surface area (Å²) in [6.07, 6.45) is -0.988. The van der Waals surface area contributed by atoms with Gasteiger partial charge in [0, 0.05) is 12.6 Å². The number of carbonyl (C=O) groups is 2. The van der Waals surface area contributed by atoms with Crippen molar-refractivity contribution in [1.29, 1.82) is 0 Å². The van der Waals surface area contributed by atoms with Crippen molar-refractivity contribution in [2.45, 2.75) is 26.9 Å². The molecule has 0 radical (unpaired) electrons. The predicted molar refractivity (Wildman–Crippen MR) is 77.8 cm³/mol.